The van der Waals surface area contributed by atoms with Crippen molar-refractivity contribution in [2.75, 3.05) is 11.8 Å². The smallest absolute Gasteiger partial charge is 0.349 e. The largest absolute Gasteiger partial charge is 0.465 e. The van der Waals surface area contributed by atoms with Crippen LogP contribution in [-0.2, 0) is 14.8 Å². The van der Waals surface area contributed by atoms with E-state index in [0.717, 1.165) is 16.9 Å². The molecule has 0 saturated carbocycles. The van der Waals surface area contributed by atoms with Crippen molar-refractivity contribution in [3.05, 3.63) is 46.2 Å². The Balaban J connectivity index is 2.28. The topological polar surface area (TPSA) is 72.5 Å². The Hall–Kier alpha value is -1.86. The van der Waals surface area contributed by atoms with Crippen LogP contribution in [0.1, 0.15) is 35.0 Å². The average Bonchev–Trinajstić information content (AvgIpc) is 2.97. The van der Waals surface area contributed by atoms with Gasteiger partial charge in [-0.05, 0) is 35.1 Å². The summed E-state index contributed by atoms with van der Waals surface area (Å²) in [6.07, 6.45) is 0. The van der Waals surface area contributed by atoms with Crippen molar-refractivity contribution in [1.82, 2.24) is 0 Å². The van der Waals surface area contributed by atoms with Crippen LogP contribution in [0.3, 0.4) is 0 Å². The maximum absolute atomic E-state index is 12.4. The highest BCUT2D eigenvalue weighted by Gasteiger charge is 2.24. The molecule has 0 aliphatic rings. The predicted octanol–water partition coefficient (Wildman–Crippen LogP) is 3.46. The molecule has 7 heteroatoms. The number of thiophene rings is 1. The highest BCUT2D eigenvalue weighted by atomic mass is 32.2. The van der Waals surface area contributed by atoms with Crippen LogP contribution in [0, 0.1) is 0 Å². The number of rotatable bonds is 5. The second-order valence-corrected chi connectivity index (χ2v) is 7.55. The summed E-state index contributed by atoms with van der Waals surface area (Å²) in [5.41, 5.74) is 1.57. The molecule has 0 saturated heterocycles. The Kier molecular flexibility index (Phi) is 4.87. The molecule has 2 rings (SSSR count). The third-order valence-corrected chi connectivity index (χ3v) is 5.57. The minimum Gasteiger partial charge on any atom is -0.465 e. The van der Waals surface area contributed by atoms with E-state index in [0.29, 0.717) is 11.6 Å². The van der Waals surface area contributed by atoms with E-state index in [1.807, 2.05) is 12.1 Å². The van der Waals surface area contributed by atoms with Crippen LogP contribution >= 0.6 is 11.3 Å². The molecule has 0 radical (unpaired) electrons. The zero-order valence-electron chi connectivity index (χ0n) is 12.5. The van der Waals surface area contributed by atoms with Gasteiger partial charge in [-0.1, -0.05) is 26.0 Å². The minimum atomic E-state index is -3.83. The molecular formula is C15H17NO4S2. The van der Waals surface area contributed by atoms with Gasteiger partial charge in [0.1, 0.15) is 9.77 Å². The van der Waals surface area contributed by atoms with Gasteiger partial charge in [0.05, 0.1) is 7.11 Å². The molecule has 0 unspecified atom stereocenters. The number of nitrogens with one attached hydrogen (secondary N) is 1. The Labute approximate surface area is 134 Å². The van der Waals surface area contributed by atoms with Crippen LogP contribution in [0.25, 0.3) is 0 Å². The summed E-state index contributed by atoms with van der Waals surface area (Å²) < 4.78 is 31.9. The number of benzene rings is 1. The fraction of sp³-hybridized carbons (Fsp3) is 0.267. The van der Waals surface area contributed by atoms with E-state index < -0.39 is 16.0 Å². The minimum absolute atomic E-state index is 0.0637. The van der Waals surface area contributed by atoms with Crippen LogP contribution < -0.4 is 4.72 Å². The number of esters is 1. The Bertz CT molecular complexity index is 761. The van der Waals surface area contributed by atoms with Crippen molar-refractivity contribution in [2.24, 2.45) is 0 Å². The van der Waals surface area contributed by atoms with E-state index in [1.54, 1.807) is 17.5 Å². The van der Waals surface area contributed by atoms with Crippen molar-refractivity contribution >= 4 is 33.0 Å². The van der Waals surface area contributed by atoms with Gasteiger partial charge in [-0.3, -0.25) is 4.72 Å². The molecule has 0 aliphatic heterocycles. The number of methoxy groups -OCH3 is 1. The summed E-state index contributed by atoms with van der Waals surface area (Å²) in [7, 11) is -2.61. The van der Waals surface area contributed by atoms with Gasteiger partial charge in [0.25, 0.3) is 10.0 Å². The molecule has 118 valence electrons. The first-order valence-electron chi connectivity index (χ1n) is 6.63. The summed E-state index contributed by atoms with van der Waals surface area (Å²) in [6, 6.07) is 8.55. The lowest BCUT2D eigenvalue weighted by Gasteiger charge is -2.10. The molecule has 1 aromatic heterocycles. The van der Waals surface area contributed by atoms with Crippen molar-refractivity contribution in [3.8, 4) is 0 Å². The first kappa shape index (κ1) is 16.5. The van der Waals surface area contributed by atoms with Crippen LogP contribution in [0.4, 0.5) is 5.69 Å². The second-order valence-electron chi connectivity index (χ2n) is 4.99. The molecule has 0 atom stereocenters. The SMILES string of the molecule is COC(=O)c1sccc1S(=O)(=O)Nc1ccc(C(C)C)cc1. The molecule has 1 N–H and O–H groups in total. The number of carbonyl (C=O) groups is 1. The van der Waals surface area contributed by atoms with Crippen LogP contribution in [-0.4, -0.2) is 21.5 Å². The summed E-state index contributed by atoms with van der Waals surface area (Å²) in [5, 5.41) is 1.54. The normalized spacial score (nSPS) is 11.5. The molecule has 22 heavy (non-hydrogen) atoms. The van der Waals surface area contributed by atoms with Gasteiger partial charge >= 0.3 is 5.97 Å². The van der Waals surface area contributed by atoms with Gasteiger partial charge in [0, 0.05) is 5.69 Å². The van der Waals surface area contributed by atoms with Gasteiger partial charge in [0.15, 0.2) is 0 Å². The molecule has 1 aromatic carbocycles. The second kappa shape index (κ2) is 6.50. The fourth-order valence-electron chi connectivity index (χ4n) is 1.90. The highest BCUT2D eigenvalue weighted by Crippen LogP contribution is 2.25. The summed E-state index contributed by atoms with van der Waals surface area (Å²) in [6.45, 7) is 4.13. The quantitative estimate of drug-likeness (QED) is 0.847. The lowest BCUT2D eigenvalue weighted by atomic mass is 10.0. The number of anilines is 1. The third kappa shape index (κ3) is 3.48. The average molecular weight is 339 g/mol. The van der Waals surface area contributed by atoms with Crippen molar-refractivity contribution in [2.45, 2.75) is 24.7 Å². The third-order valence-electron chi connectivity index (χ3n) is 3.12. The molecule has 0 aliphatic carbocycles. The van der Waals surface area contributed by atoms with E-state index in [1.165, 1.54) is 13.2 Å². The van der Waals surface area contributed by atoms with E-state index >= 15 is 0 Å². The Morgan fingerprint density at radius 3 is 2.36 bits per heavy atom. The molecule has 0 fully saturated rings. The van der Waals surface area contributed by atoms with E-state index in [9.17, 15) is 13.2 Å². The fourth-order valence-corrected chi connectivity index (χ4v) is 4.29. The predicted molar refractivity (Wildman–Crippen MR) is 87.0 cm³/mol. The first-order valence-corrected chi connectivity index (χ1v) is 9.00. The van der Waals surface area contributed by atoms with E-state index in [-0.39, 0.29) is 9.77 Å². The summed E-state index contributed by atoms with van der Waals surface area (Å²) in [4.78, 5) is 11.6. The van der Waals surface area contributed by atoms with Gasteiger partial charge in [-0.15, -0.1) is 11.3 Å². The molecule has 0 spiro atoms. The molecule has 0 amide bonds. The zero-order chi connectivity index (χ0) is 16.3. The number of ether oxygens (including phenoxy) is 1. The number of carbonyl (C=O) groups excluding carboxylic acids is 1. The molecule has 5 nitrogen and oxygen atoms in total. The number of hydrogen-bond acceptors (Lipinski definition) is 5. The summed E-state index contributed by atoms with van der Waals surface area (Å²) in [5.74, 6) is -0.293. The maximum Gasteiger partial charge on any atom is 0.349 e. The molecular weight excluding hydrogens is 322 g/mol. The zero-order valence-corrected chi connectivity index (χ0v) is 14.1. The van der Waals surface area contributed by atoms with Crippen LogP contribution in [0.15, 0.2) is 40.6 Å². The lowest BCUT2D eigenvalue weighted by molar-refractivity contribution is 0.0602. The van der Waals surface area contributed by atoms with Gasteiger partial charge in [-0.2, -0.15) is 0 Å². The van der Waals surface area contributed by atoms with Crippen molar-refractivity contribution < 1.29 is 17.9 Å². The van der Waals surface area contributed by atoms with Gasteiger partial charge in [-0.25, -0.2) is 13.2 Å². The van der Waals surface area contributed by atoms with Gasteiger partial charge < -0.3 is 4.74 Å². The van der Waals surface area contributed by atoms with Crippen molar-refractivity contribution in [1.29, 1.82) is 0 Å². The lowest BCUT2D eigenvalue weighted by Crippen LogP contribution is -2.15. The van der Waals surface area contributed by atoms with E-state index in [2.05, 4.69) is 23.3 Å². The Morgan fingerprint density at radius 2 is 1.82 bits per heavy atom. The molecule has 2 aromatic rings. The standard InChI is InChI=1S/C15H17NO4S2/c1-10(2)11-4-6-12(7-5-11)16-22(18,19)13-8-9-21-14(13)15(17)20-3/h4-10,16H,1-3H3. The number of hydrogen-bond donors (Lipinski definition) is 1. The maximum atomic E-state index is 12.4. The van der Waals surface area contributed by atoms with Crippen LogP contribution in [0.2, 0.25) is 0 Å². The van der Waals surface area contributed by atoms with Gasteiger partial charge in [0.2, 0.25) is 0 Å². The van der Waals surface area contributed by atoms with Crippen molar-refractivity contribution in [3.63, 3.8) is 0 Å². The Morgan fingerprint density at radius 1 is 1.18 bits per heavy atom. The van der Waals surface area contributed by atoms with Crippen LogP contribution in [0.5, 0.6) is 0 Å². The summed E-state index contributed by atoms with van der Waals surface area (Å²) >= 11 is 1.03. The monoisotopic (exact) mass is 339 g/mol. The number of sulfonamides is 1. The molecule has 0 bridgehead atoms. The first-order chi connectivity index (χ1) is 10.3. The highest BCUT2D eigenvalue weighted by molar-refractivity contribution is 7.93. The van der Waals surface area contributed by atoms with E-state index in [4.69, 9.17) is 0 Å². The molecule has 1 heterocycles.